The first-order valence-corrected chi connectivity index (χ1v) is 12.0. The molecule has 7 nitrogen and oxygen atoms in total. The van der Waals surface area contributed by atoms with E-state index in [0.717, 1.165) is 17.5 Å². The maximum absolute atomic E-state index is 12.6. The third kappa shape index (κ3) is 9.04. The number of amides is 1. The van der Waals surface area contributed by atoms with Gasteiger partial charge in [-0.15, -0.1) is 0 Å². The summed E-state index contributed by atoms with van der Waals surface area (Å²) >= 11 is 0. The van der Waals surface area contributed by atoms with Crippen molar-refractivity contribution in [1.29, 1.82) is 0 Å². The van der Waals surface area contributed by atoms with Crippen molar-refractivity contribution in [2.75, 3.05) is 41.0 Å². The summed E-state index contributed by atoms with van der Waals surface area (Å²) in [5.41, 5.74) is 2.94. The van der Waals surface area contributed by atoms with Gasteiger partial charge in [-0.1, -0.05) is 48.5 Å². The van der Waals surface area contributed by atoms with Crippen LogP contribution < -0.4 is 14.2 Å². The smallest absolute Gasteiger partial charge is 0.330 e. The molecule has 0 aliphatic rings. The van der Waals surface area contributed by atoms with Gasteiger partial charge in [0.2, 0.25) is 5.91 Å². The molecule has 0 radical (unpaired) electrons. The second-order valence-electron chi connectivity index (χ2n) is 8.34. The second-order valence-corrected chi connectivity index (χ2v) is 8.34. The zero-order valence-electron chi connectivity index (χ0n) is 21.5. The van der Waals surface area contributed by atoms with E-state index in [2.05, 4.69) is 16.9 Å². The lowest BCUT2D eigenvalue weighted by atomic mass is 10.1. The summed E-state index contributed by atoms with van der Waals surface area (Å²) in [5, 5.41) is 0. The maximum atomic E-state index is 12.6. The zero-order valence-corrected chi connectivity index (χ0v) is 21.5. The van der Waals surface area contributed by atoms with Gasteiger partial charge in [0.15, 0.2) is 11.5 Å². The second kappa shape index (κ2) is 14.3. The van der Waals surface area contributed by atoms with Crippen LogP contribution in [-0.4, -0.2) is 57.8 Å². The molecule has 0 aliphatic carbocycles. The van der Waals surface area contributed by atoms with Crippen LogP contribution in [0, 0.1) is 0 Å². The lowest BCUT2D eigenvalue weighted by Crippen LogP contribution is -2.30. The summed E-state index contributed by atoms with van der Waals surface area (Å²) in [5.74, 6) is 1.48. The number of hydrogen-bond donors (Lipinski definition) is 0. The van der Waals surface area contributed by atoms with E-state index in [0.29, 0.717) is 43.4 Å². The van der Waals surface area contributed by atoms with Gasteiger partial charge in [-0.3, -0.25) is 4.79 Å². The molecule has 1 amide bonds. The van der Waals surface area contributed by atoms with E-state index in [-0.39, 0.29) is 5.91 Å². The Morgan fingerprint density at radius 1 is 0.838 bits per heavy atom. The molecule has 3 aromatic carbocycles. The Bertz CT molecular complexity index is 1170. The summed E-state index contributed by atoms with van der Waals surface area (Å²) in [6.45, 7) is 1.34. The molecular weight excluding hydrogens is 470 g/mol. The highest BCUT2D eigenvalue weighted by atomic mass is 16.5. The molecule has 0 fully saturated rings. The lowest BCUT2D eigenvalue weighted by Gasteiger charge is -2.17. The molecule has 7 heteroatoms. The van der Waals surface area contributed by atoms with Gasteiger partial charge in [-0.05, 0) is 53.5 Å². The molecule has 0 aliphatic heterocycles. The summed E-state index contributed by atoms with van der Waals surface area (Å²) in [7, 11) is 4.72. The molecule has 0 spiro atoms. The number of carbonyl (C=O) groups is 2. The normalized spacial score (nSPS) is 10.7. The number of hydrogen-bond acceptors (Lipinski definition) is 6. The first kappa shape index (κ1) is 27.3. The van der Waals surface area contributed by atoms with Crippen molar-refractivity contribution >= 4 is 18.0 Å². The SMILES string of the molecule is COC(=O)/C=C/c1ccc(OCCOc2ccc(CC(=O)N(C)CCc3ccccc3)cc2)c(OC)c1. The Morgan fingerprint density at radius 3 is 2.27 bits per heavy atom. The van der Waals surface area contributed by atoms with Crippen LogP contribution in [0.1, 0.15) is 16.7 Å². The first-order valence-electron chi connectivity index (χ1n) is 12.0. The Morgan fingerprint density at radius 2 is 1.57 bits per heavy atom. The number of rotatable bonds is 13. The van der Waals surface area contributed by atoms with Gasteiger partial charge in [-0.25, -0.2) is 4.79 Å². The molecule has 0 N–H and O–H groups in total. The molecule has 0 heterocycles. The predicted octanol–water partition coefficient (Wildman–Crippen LogP) is 4.58. The Kier molecular flexibility index (Phi) is 10.6. The van der Waals surface area contributed by atoms with E-state index in [1.54, 1.807) is 30.2 Å². The lowest BCUT2D eigenvalue weighted by molar-refractivity contribution is -0.134. The predicted molar refractivity (Wildman–Crippen MR) is 143 cm³/mol. The quantitative estimate of drug-likeness (QED) is 0.193. The van der Waals surface area contributed by atoms with E-state index in [9.17, 15) is 9.59 Å². The largest absolute Gasteiger partial charge is 0.493 e. The van der Waals surface area contributed by atoms with E-state index < -0.39 is 5.97 Å². The van der Waals surface area contributed by atoms with Crippen molar-refractivity contribution in [3.05, 3.63) is 95.6 Å². The molecule has 37 heavy (non-hydrogen) atoms. The molecule has 0 saturated heterocycles. The molecular formula is C30H33NO6. The highest BCUT2D eigenvalue weighted by Crippen LogP contribution is 2.28. The van der Waals surface area contributed by atoms with Gasteiger partial charge < -0.3 is 23.8 Å². The van der Waals surface area contributed by atoms with Crippen molar-refractivity contribution in [3.63, 3.8) is 0 Å². The summed E-state index contributed by atoms with van der Waals surface area (Å²) in [6, 6.07) is 23.0. The average Bonchev–Trinajstić information content (AvgIpc) is 2.94. The van der Waals surface area contributed by atoms with Crippen LogP contribution in [0.15, 0.2) is 78.9 Å². The van der Waals surface area contributed by atoms with E-state index in [1.807, 2.05) is 55.6 Å². The summed E-state index contributed by atoms with van der Waals surface area (Å²) in [4.78, 5) is 25.6. The van der Waals surface area contributed by atoms with E-state index >= 15 is 0 Å². The topological polar surface area (TPSA) is 74.3 Å². The van der Waals surface area contributed by atoms with E-state index in [4.69, 9.17) is 14.2 Å². The monoisotopic (exact) mass is 503 g/mol. The van der Waals surface area contributed by atoms with Gasteiger partial charge >= 0.3 is 5.97 Å². The van der Waals surface area contributed by atoms with Gasteiger partial charge in [0, 0.05) is 19.7 Å². The average molecular weight is 504 g/mol. The number of benzene rings is 3. The Hall–Kier alpha value is -4.26. The Labute approximate surface area is 218 Å². The number of esters is 1. The fourth-order valence-electron chi connectivity index (χ4n) is 3.53. The fraction of sp³-hybridized carbons (Fsp3) is 0.267. The molecule has 0 unspecified atom stereocenters. The fourth-order valence-corrected chi connectivity index (χ4v) is 3.53. The minimum Gasteiger partial charge on any atom is -0.493 e. The molecule has 0 aromatic heterocycles. The van der Waals surface area contributed by atoms with Crippen LogP contribution in [-0.2, 0) is 27.2 Å². The number of methoxy groups -OCH3 is 2. The summed E-state index contributed by atoms with van der Waals surface area (Å²) in [6.07, 6.45) is 4.16. The van der Waals surface area contributed by atoms with Gasteiger partial charge in [0.25, 0.3) is 0 Å². The maximum Gasteiger partial charge on any atom is 0.330 e. The van der Waals surface area contributed by atoms with Crippen molar-refractivity contribution in [2.45, 2.75) is 12.8 Å². The van der Waals surface area contributed by atoms with Crippen molar-refractivity contribution in [1.82, 2.24) is 4.90 Å². The van der Waals surface area contributed by atoms with Crippen LogP contribution in [0.2, 0.25) is 0 Å². The van der Waals surface area contributed by atoms with Crippen molar-refractivity contribution in [2.24, 2.45) is 0 Å². The molecule has 194 valence electrons. The van der Waals surface area contributed by atoms with Crippen molar-refractivity contribution in [3.8, 4) is 17.2 Å². The number of ether oxygens (including phenoxy) is 4. The first-order chi connectivity index (χ1) is 18.0. The van der Waals surface area contributed by atoms with E-state index in [1.165, 1.54) is 18.7 Å². The standard InChI is InChI=1S/C30H33NO6/c1-31(18-17-23-7-5-4-6-8-23)29(32)22-25-9-13-26(14-10-25)36-19-20-37-27-15-11-24(21-28(27)34-2)12-16-30(33)35-3/h4-16,21H,17-20,22H2,1-3H3/b16-12+. The molecule has 0 saturated carbocycles. The zero-order chi connectivity index (χ0) is 26.5. The Balaban J connectivity index is 1.41. The third-order valence-corrected chi connectivity index (χ3v) is 5.69. The van der Waals surface area contributed by atoms with Gasteiger partial charge in [-0.2, -0.15) is 0 Å². The van der Waals surface area contributed by atoms with Crippen LogP contribution >= 0.6 is 0 Å². The van der Waals surface area contributed by atoms with Crippen LogP contribution in [0.3, 0.4) is 0 Å². The van der Waals surface area contributed by atoms with Crippen molar-refractivity contribution < 1.29 is 28.5 Å². The molecule has 0 atom stereocenters. The molecule has 3 rings (SSSR count). The third-order valence-electron chi connectivity index (χ3n) is 5.69. The molecule has 3 aromatic rings. The summed E-state index contributed by atoms with van der Waals surface area (Å²) < 4.78 is 21.6. The van der Waals surface area contributed by atoms with Gasteiger partial charge in [0.1, 0.15) is 19.0 Å². The number of likely N-dealkylation sites (N-methyl/N-ethyl adjacent to an activating group) is 1. The highest BCUT2D eigenvalue weighted by Gasteiger charge is 2.10. The van der Waals surface area contributed by atoms with Gasteiger partial charge in [0.05, 0.1) is 20.6 Å². The molecule has 0 bridgehead atoms. The highest BCUT2D eigenvalue weighted by molar-refractivity contribution is 5.87. The van der Waals surface area contributed by atoms with Crippen LogP contribution in [0.25, 0.3) is 6.08 Å². The number of carbonyl (C=O) groups excluding carboxylic acids is 2. The van der Waals surface area contributed by atoms with Crippen LogP contribution in [0.4, 0.5) is 0 Å². The number of nitrogens with zero attached hydrogens (tertiary/aromatic N) is 1. The minimum atomic E-state index is -0.428. The van der Waals surface area contributed by atoms with Crippen LogP contribution in [0.5, 0.6) is 17.2 Å². The minimum absolute atomic E-state index is 0.0822.